The van der Waals surface area contributed by atoms with Gasteiger partial charge in [0.15, 0.2) is 0 Å². The highest BCUT2D eigenvalue weighted by molar-refractivity contribution is 8.00. The Kier molecular flexibility index (Phi) is 6.81. The van der Waals surface area contributed by atoms with Crippen LogP contribution in [0.25, 0.3) is 0 Å². The zero-order valence-electron chi connectivity index (χ0n) is 13.2. The molecule has 2 aromatic rings. The fourth-order valence-electron chi connectivity index (χ4n) is 1.89. The Balaban J connectivity index is 1.69. The summed E-state index contributed by atoms with van der Waals surface area (Å²) in [5, 5.41) is 3.63. The normalized spacial score (nSPS) is 11.8. The van der Waals surface area contributed by atoms with Crippen molar-refractivity contribution < 1.29 is 9.53 Å². The summed E-state index contributed by atoms with van der Waals surface area (Å²) < 4.78 is 5.66. The first-order valence-electron chi connectivity index (χ1n) is 7.40. The van der Waals surface area contributed by atoms with Gasteiger partial charge in [-0.2, -0.15) is 0 Å². The third-order valence-corrected chi connectivity index (χ3v) is 4.38. The number of hydrogen-bond donors (Lipinski definition) is 1. The van der Waals surface area contributed by atoms with Crippen molar-refractivity contribution in [3.8, 4) is 5.75 Å². The average molecular weight is 350 g/mol. The fourth-order valence-corrected chi connectivity index (χ4v) is 2.73. The molecule has 1 N–H and O–H groups in total. The van der Waals surface area contributed by atoms with Gasteiger partial charge in [-0.15, -0.1) is 11.8 Å². The number of carbonyl (C=O) groups is 1. The van der Waals surface area contributed by atoms with Crippen LogP contribution in [0.5, 0.6) is 5.75 Å². The lowest BCUT2D eigenvalue weighted by atomic mass is 10.2. The zero-order chi connectivity index (χ0) is 16.7. The van der Waals surface area contributed by atoms with E-state index in [2.05, 4.69) is 5.32 Å². The second-order valence-electron chi connectivity index (χ2n) is 5.34. The first kappa shape index (κ1) is 17.7. The van der Waals surface area contributed by atoms with Crippen molar-refractivity contribution in [3.63, 3.8) is 0 Å². The molecule has 1 unspecified atom stereocenters. The number of carbonyl (C=O) groups excluding carboxylic acids is 1. The molecule has 0 radical (unpaired) electrons. The van der Waals surface area contributed by atoms with E-state index in [9.17, 15) is 4.79 Å². The molecule has 122 valence electrons. The molecule has 0 saturated carbocycles. The van der Waals surface area contributed by atoms with Crippen LogP contribution in [0.2, 0.25) is 5.02 Å². The Labute approximate surface area is 146 Å². The molecule has 0 aliphatic heterocycles. The van der Waals surface area contributed by atoms with Crippen LogP contribution in [-0.4, -0.2) is 24.3 Å². The topological polar surface area (TPSA) is 38.3 Å². The summed E-state index contributed by atoms with van der Waals surface area (Å²) in [6.07, 6.45) is 0. The monoisotopic (exact) mass is 349 g/mol. The van der Waals surface area contributed by atoms with Gasteiger partial charge in [0.2, 0.25) is 5.91 Å². The van der Waals surface area contributed by atoms with Crippen molar-refractivity contribution in [2.45, 2.75) is 24.8 Å². The maximum absolute atomic E-state index is 11.9. The number of ether oxygens (including phenoxy) is 1. The number of amides is 1. The summed E-state index contributed by atoms with van der Waals surface area (Å²) in [6, 6.07) is 15.3. The molecule has 0 spiro atoms. The highest BCUT2D eigenvalue weighted by Crippen LogP contribution is 2.20. The molecular formula is C18H20ClNO2S. The van der Waals surface area contributed by atoms with E-state index in [0.29, 0.717) is 17.4 Å². The molecule has 0 aliphatic carbocycles. The van der Waals surface area contributed by atoms with Crippen molar-refractivity contribution in [1.29, 1.82) is 0 Å². The smallest absolute Gasteiger partial charge is 0.230 e. The van der Waals surface area contributed by atoms with Gasteiger partial charge in [-0.1, -0.05) is 29.3 Å². The molecule has 23 heavy (non-hydrogen) atoms. The number of hydrogen-bond acceptors (Lipinski definition) is 3. The van der Waals surface area contributed by atoms with Gasteiger partial charge in [0.25, 0.3) is 0 Å². The maximum atomic E-state index is 11.9. The van der Waals surface area contributed by atoms with Gasteiger partial charge in [0.05, 0.1) is 11.8 Å². The first-order chi connectivity index (χ1) is 11.0. The predicted octanol–water partition coefficient (Wildman–Crippen LogP) is 4.32. The van der Waals surface area contributed by atoms with Gasteiger partial charge in [0.1, 0.15) is 12.4 Å². The van der Waals surface area contributed by atoms with Gasteiger partial charge in [-0.3, -0.25) is 4.79 Å². The summed E-state index contributed by atoms with van der Waals surface area (Å²) in [5.41, 5.74) is 1.19. The Bertz CT molecular complexity index is 628. The summed E-state index contributed by atoms with van der Waals surface area (Å²) >= 11 is 7.32. The van der Waals surface area contributed by atoms with E-state index in [1.165, 1.54) is 17.3 Å². The summed E-state index contributed by atoms with van der Waals surface area (Å²) in [6.45, 7) is 4.41. The highest BCUT2D eigenvalue weighted by atomic mass is 35.5. The van der Waals surface area contributed by atoms with Crippen LogP contribution in [0.15, 0.2) is 53.4 Å². The lowest BCUT2D eigenvalue weighted by Gasteiger charge is -2.15. The molecule has 0 fully saturated rings. The predicted molar refractivity (Wildman–Crippen MR) is 96.5 cm³/mol. The fraction of sp³-hybridized carbons (Fsp3) is 0.278. The van der Waals surface area contributed by atoms with E-state index in [1.807, 2.05) is 62.4 Å². The highest BCUT2D eigenvalue weighted by Gasteiger charge is 2.09. The van der Waals surface area contributed by atoms with Crippen LogP contribution in [-0.2, 0) is 4.79 Å². The third kappa shape index (κ3) is 6.55. The van der Waals surface area contributed by atoms with E-state index in [1.54, 1.807) is 0 Å². The SMILES string of the molecule is Cc1ccc(OCC(C)NC(=O)CSc2ccc(Cl)cc2)cc1. The van der Waals surface area contributed by atoms with E-state index >= 15 is 0 Å². The molecule has 0 bridgehead atoms. The van der Waals surface area contributed by atoms with Crippen LogP contribution < -0.4 is 10.1 Å². The van der Waals surface area contributed by atoms with Gasteiger partial charge < -0.3 is 10.1 Å². The van der Waals surface area contributed by atoms with Crippen LogP contribution in [0, 0.1) is 6.92 Å². The molecule has 0 aliphatic rings. The minimum absolute atomic E-state index is 0.00930. The summed E-state index contributed by atoms with van der Waals surface area (Å²) in [7, 11) is 0. The number of thioether (sulfide) groups is 1. The number of rotatable bonds is 7. The molecule has 1 amide bonds. The number of nitrogens with one attached hydrogen (secondary N) is 1. The quantitative estimate of drug-likeness (QED) is 0.756. The van der Waals surface area contributed by atoms with E-state index in [4.69, 9.17) is 16.3 Å². The Morgan fingerprint density at radius 3 is 2.48 bits per heavy atom. The van der Waals surface area contributed by atoms with Crippen molar-refractivity contribution >= 4 is 29.3 Å². The van der Waals surface area contributed by atoms with Gasteiger partial charge in [-0.05, 0) is 50.2 Å². The molecule has 0 aromatic heterocycles. The number of benzene rings is 2. The lowest BCUT2D eigenvalue weighted by molar-refractivity contribution is -0.119. The molecule has 0 heterocycles. The van der Waals surface area contributed by atoms with Gasteiger partial charge >= 0.3 is 0 Å². The summed E-state index contributed by atoms with van der Waals surface area (Å²) in [5.74, 6) is 1.17. The van der Waals surface area contributed by atoms with Crippen LogP contribution in [0.1, 0.15) is 12.5 Å². The molecule has 0 saturated heterocycles. The lowest BCUT2D eigenvalue weighted by Crippen LogP contribution is -2.37. The molecule has 2 aromatic carbocycles. The van der Waals surface area contributed by atoms with Gasteiger partial charge in [0, 0.05) is 9.92 Å². The molecule has 1 atom stereocenters. The third-order valence-electron chi connectivity index (χ3n) is 3.11. The minimum atomic E-state index is -0.0466. The van der Waals surface area contributed by atoms with Crippen molar-refractivity contribution in [2.75, 3.05) is 12.4 Å². The number of aryl methyl sites for hydroxylation is 1. The average Bonchev–Trinajstić information content (AvgIpc) is 2.54. The second kappa shape index (κ2) is 8.85. The van der Waals surface area contributed by atoms with E-state index < -0.39 is 0 Å². The van der Waals surface area contributed by atoms with Crippen LogP contribution in [0.3, 0.4) is 0 Å². The minimum Gasteiger partial charge on any atom is -0.491 e. The van der Waals surface area contributed by atoms with E-state index in [-0.39, 0.29) is 11.9 Å². The van der Waals surface area contributed by atoms with Crippen LogP contribution >= 0.6 is 23.4 Å². The Hall–Kier alpha value is -1.65. The number of halogens is 1. The molecule has 5 heteroatoms. The molecular weight excluding hydrogens is 330 g/mol. The zero-order valence-corrected chi connectivity index (χ0v) is 14.8. The maximum Gasteiger partial charge on any atom is 0.230 e. The molecule has 3 nitrogen and oxygen atoms in total. The van der Waals surface area contributed by atoms with Crippen LogP contribution in [0.4, 0.5) is 0 Å². The largest absolute Gasteiger partial charge is 0.491 e. The van der Waals surface area contributed by atoms with Crippen molar-refractivity contribution in [1.82, 2.24) is 5.32 Å². The Morgan fingerprint density at radius 2 is 1.83 bits per heavy atom. The summed E-state index contributed by atoms with van der Waals surface area (Å²) in [4.78, 5) is 13.0. The standard InChI is InChI=1S/C18H20ClNO2S/c1-13-3-7-16(8-4-13)22-11-14(2)20-18(21)12-23-17-9-5-15(19)6-10-17/h3-10,14H,11-12H2,1-2H3,(H,20,21). The van der Waals surface area contributed by atoms with Crippen molar-refractivity contribution in [2.24, 2.45) is 0 Å². The first-order valence-corrected chi connectivity index (χ1v) is 8.76. The van der Waals surface area contributed by atoms with E-state index in [0.717, 1.165) is 10.6 Å². The molecule has 2 rings (SSSR count). The second-order valence-corrected chi connectivity index (χ2v) is 6.82. The van der Waals surface area contributed by atoms with Crippen molar-refractivity contribution in [3.05, 3.63) is 59.1 Å². The Morgan fingerprint density at radius 1 is 1.17 bits per heavy atom. The van der Waals surface area contributed by atoms with Gasteiger partial charge in [-0.25, -0.2) is 0 Å².